The van der Waals surface area contributed by atoms with Gasteiger partial charge in [-0.15, -0.1) is 0 Å². The number of hydrogen-bond acceptors (Lipinski definition) is 8. The van der Waals surface area contributed by atoms with Gasteiger partial charge < -0.3 is 10.1 Å². The van der Waals surface area contributed by atoms with E-state index in [9.17, 15) is 10.1 Å². The van der Waals surface area contributed by atoms with E-state index in [4.69, 9.17) is 9.37 Å². The molecule has 134 valence electrons. The summed E-state index contributed by atoms with van der Waals surface area (Å²) in [4.78, 5) is 11.7. The van der Waals surface area contributed by atoms with Crippen LogP contribution in [0.3, 0.4) is 0 Å². The molecule has 9 heteroatoms. The second kappa shape index (κ2) is 6.76. The zero-order valence-electron chi connectivity index (χ0n) is 14.3. The number of nitriles is 1. The summed E-state index contributed by atoms with van der Waals surface area (Å²) >= 11 is 0. The summed E-state index contributed by atoms with van der Waals surface area (Å²) in [6.45, 7) is 2.00. The Hall–Kier alpha value is -3.93. The van der Waals surface area contributed by atoms with Crippen molar-refractivity contribution in [1.29, 1.82) is 5.26 Å². The maximum atomic E-state index is 11.7. The highest BCUT2D eigenvalue weighted by atomic mass is 16.6. The highest BCUT2D eigenvalue weighted by molar-refractivity contribution is 5.84. The maximum Gasteiger partial charge on any atom is 0.330 e. The molecule has 2 N–H and O–H groups in total. The van der Waals surface area contributed by atoms with E-state index >= 15 is 0 Å². The molecule has 3 aromatic rings. The average molecular weight is 362 g/mol. The van der Waals surface area contributed by atoms with E-state index in [0.29, 0.717) is 28.1 Å². The van der Waals surface area contributed by atoms with Crippen LogP contribution in [0.15, 0.2) is 52.4 Å². The Bertz CT molecular complexity index is 1120. The predicted molar refractivity (Wildman–Crippen MR) is 94.3 cm³/mol. The van der Waals surface area contributed by atoms with Crippen LogP contribution in [0, 0.1) is 11.3 Å². The van der Waals surface area contributed by atoms with Crippen LogP contribution in [0.4, 0.5) is 5.82 Å². The molecule has 2 aromatic heterocycles. The first-order valence-electron chi connectivity index (χ1n) is 8.24. The normalized spacial score (nSPS) is 16.2. The van der Waals surface area contributed by atoms with Crippen LogP contribution in [0.5, 0.6) is 0 Å². The lowest BCUT2D eigenvalue weighted by Crippen LogP contribution is -2.17. The summed E-state index contributed by atoms with van der Waals surface area (Å²) in [6, 6.07) is 7.71. The number of hydrogen-bond donors (Lipinski definition) is 2. The van der Waals surface area contributed by atoms with Crippen LogP contribution in [0.2, 0.25) is 0 Å². The minimum atomic E-state index is -0.490. The van der Waals surface area contributed by atoms with Crippen LogP contribution in [0.1, 0.15) is 24.0 Å². The summed E-state index contributed by atoms with van der Waals surface area (Å²) in [6.07, 6.45) is 4.51. The minimum absolute atomic E-state index is 0.272. The fourth-order valence-corrected chi connectivity index (χ4v) is 3.11. The number of carbonyl (C=O) groups excluding carboxylic acids is 1. The maximum absolute atomic E-state index is 11.7. The summed E-state index contributed by atoms with van der Waals surface area (Å²) < 4.78 is 9.76. The Morgan fingerprint density at radius 2 is 2.30 bits per heavy atom. The van der Waals surface area contributed by atoms with Crippen molar-refractivity contribution in [1.82, 2.24) is 20.5 Å². The number of aromatic amines is 1. The van der Waals surface area contributed by atoms with Crippen LogP contribution in [-0.4, -0.2) is 33.1 Å². The van der Waals surface area contributed by atoms with Crippen molar-refractivity contribution in [3.05, 3.63) is 58.9 Å². The SMILES string of the molecule is CCOC(=O)/C=C/C1=C(C#N)C(c2cccc3nonc23)c2c[nH]nc2N1. The smallest absolute Gasteiger partial charge is 0.330 e. The number of aromatic nitrogens is 4. The molecule has 0 aliphatic carbocycles. The lowest BCUT2D eigenvalue weighted by Gasteiger charge is -2.24. The summed E-state index contributed by atoms with van der Waals surface area (Å²) in [5, 5.41) is 27.8. The number of H-pyrrole nitrogens is 1. The number of allylic oxidation sites excluding steroid dienone is 2. The fraction of sp³-hybridized carbons (Fsp3) is 0.167. The van der Waals surface area contributed by atoms with Crippen LogP contribution in [0.25, 0.3) is 11.0 Å². The van der Waals surface area contributed by atoms with E-state index in [1.54, 1.807) is 19.2 Å². The van der Waals surface area contributed by atoms with E-state index in [1.165, 1.54) is 12.2 Å². The first-order valence-corrected chi connectivity index (χ1v) is 8.24. The molecule has 1 aromatic carbocycles. The molecule has 0 spiro atoms. The zero-order valence-corrected chi connectivity index (χ0v) is 14.3. The van der Waals surface area contributed by atoms with Gasteiger partial charge in [0.05, 0.1) is 29.9 Å². The molecule has 27 heavy (non-hydrogen) atoms. The Labute approximate surface area is 153 Å². The summed E-state index contributed by atoms with van der Waals surface area (Å²) in [7, 11) is 0. The van der Waals surface area contributed by atoms with Crippen molar-refractivity contribution in [3.8, 4) is 6.07 Å². The van der Waals surface area contributed by atoms with Crippen molar-refractivity contribution in [2.75, 3.05) is 11.9 Å². The Kier molecular flexibility index (Phi) is 4.14. The van der Waals surface area contributed by atoms with Crippen LogP contribution < -0.4 is 5.32 Å². The van der Waals surface area contributed by atoms with Gasteiger partial charge in [-0.2, -0.15) is 10.4 Å². The van der Waals surface area contributed by atoms with Gasteiger partial charge in [0.15, 0.2) is 5.82 Å². The Balaban J connectivity index is 1.87. The number of fused-ring (bicyclic) bond motifs is 2. The summed E-state index contributed by atoms with van der Waals surface area (Å²) in [5.74, 6) is -0.366. The highest BCUT2D eigenvalue weighted by Gasteiger charge is 2.32. The van der Waals surface area contributed by atoms with E-state index in [1.807, 2.05) is 12.1 Å². The van der Waals surface area contributed by atoms with Crippen molar-refractivity contribution in [2.24, 2.45) is 0 Å². The molecule has 0 bridgehead atoms. The molecule has 1 atom stereocenters. The molecule has 0 saturated carbocycles. The number of nitrogens with zero attached hydrogens (tertiary/aromatic N) is 4. The number of benzene rings is 1. The minimum Gasteiger partial charge on any atom is -0.463 e. The van der Waals surface area contributed by atoms with Crippen LogP contribution in [-0.2, 0) is 9.53 Å². The average Bonchev–Trinajstić information content (AvgIpc) is 3.34. The number of nitrogens with one attached hydrogen (secondary N) is 2. The largest absolute Gasteiger partial charge is 0.463 e. The van der Waals surface area contributed by atoms with E-state index in [2.05, 4.69) is 31.9 Å². The van der Waals surface area contributed by atoms with E-state index in [-0.39, 0.29) is 6.61 Å². The molecule has 0 fully saturated rings. The van der Waals surface area contributed by atoms with Crippen molar-refractivity contribution >= 4 is 22.8 Å². The molecule has 0 amide bonds. The fourth-order valence-electron chi connectivity index (χ4n) is 3.11. The van der Waals surface area contributed by atoms with Gasteiger partial charge >= 0.3 is 5.97 Å². The molecule has 9 nitrogen and oxygen atoms in total. The van der Waals surface area contributed by atoms with E-state index in [0.717, 1.165) is 11.1 Å². The number of anilines is 1. The van der Waals surface area contributed by atoms with Gasteiger partial charge in [0, 0.05) is 17.8 Å². The third-order valence-corrected chi connectivity index (χ3v) is 4.23. The number of rotatable bonds is 4. The van der Waals surface area contributed by atoms with Crippen molar-refractivity contribution in [2.45, 2.75) is 12.8 Å². The third-order valence-electron chi connectivity index (χ3n) is 4.23. The number of esters is 1. The Morgan fingerprint density at radius 1 is 1.41 bits per heavy atom. The second-order valence-electron chi connectivity index (χ2n) is 5.75. The lowest BCUT2D eigenvalue weighted by molar-refractivity contribution is -0.137. The molecule has 4 rings (SSSR count). The topological polar surface area (TPSA) is 130 Å². The van der Waals surface area contributed by atoms with E-state index < -0.39 is 11.9 Å². The van der Waals surface area contributed by atoms with Gasteiger partial charge in [-0.25, -0.2) is 9.42 Å². The molecule has 3 heterocycles. The molecular formula is C18H14N6O3. The highest BCUT2D eigenvalue weighted by Crippen LogP contribution is 2.42. The lowest BCUT2D eigenvalue weighted by atomic mass is 9.82. The molecule has 0 saturated heterocycles. The first kappa shape index (κ1) is 16.5. The molecular weight excluding hydrogens is 348 g/mol. The first-order chi connectivity index (χ1) is 13.2. The molecule has 1 unspecified atom stereocenters. The standard InChI is InChI=1S/C18H14N6O3/c1-2-26-15(25)7-6-13-11(8-19)16(12-9-20-22-18(12)21-13)10-4-3-5-14-17(10)24-27-23-14/h3-7,9,16H,2H2,1H3,(H2,20,21,22)/b7-6+. The van der Waals surface area contributed by atoms with Crippen LogP contribution >= 0.6 is 0 Å². The van der Waals surface area contributed by atoms with Gasteiger partial charge in [0.25, 0.3) is 0 Å². The zero-order chi connectivity index (χ0) is 18.8. The van der Waals surface area contributed by atoms with Gasteiger partial charge in [0.1, 0.15) is 11.0 Å². The van der Waals surface area contributed by atoms with Gasteiger partial charge in [-0.1, -0.05) is 12.1 Å². The van der Waals surface area contributed by atoms with Gasteiger partial charge in [-0.3, -0.25) is 5.10 Å². The number of carbonyl (C=O) groups is 1. The Morgan fingerprint density at radius 3 is 3.11 bits per heavy atom. The number of ether oxygens (including phenoxy) is 1. The molecule has 0 radical (unpaired) electrons. The second-order valence-corrected chi connectivity index (χ2v) is 5.75. The van der Waals surface area contributed by atoms with Gasteiger partial charge in [-0.05, 0) is 34.9 Å². The third kappa shape index (κ3) is 2.83. The quantitative estimate of drug-likeness (QED) is 0.534. The summed E-state index contributed by atoms with van der Waals surface area (Å²) in [5.41, 5.74) is 3.59. The molecule has 1 aliphatic heterocycles. The monoisotopic (exact) mass is 362 g/mol. The molecule has 1 aliphatic rings. The van der Waals surface area contributed by atoms with Crippen molar-refractivity contribution < 1.29 is 14.2 Å². The van der Waals surface area contributed by atoms with Gasteiger partial charge in [0.2, 0.25) is 0 Å². The van der Waals surface area contributed by atoms with Crippen molar-refractivity contribution in [3.63, 3.8) is 0 Å². The predicted octanol–water partition coefficient (Wildman–Crippen LogP) is 2.40.